The first kappa shape index (κ1) is 21.9. The van der Waals surface area contributed by atoms with Gasteiger partial charge in [0.1, 0.15) is 24.4 Å². The highest BCUT2D eigenvalue weighted by Gasteiger charge is 2.53. The van der Waals surface area contributed by atoms with Gasteiger partial charge in [-0.2, -0.15) is 0 Å². The Morgan fingerprint density at radius 1 is 1.09 bits per heavy atom. The molecule has 9 unspecified atom stereocenters. The highest BCUT2D eigenvalue weighted by atomic mass is 16.8. The summed E-state index contributed by atoms with van der Waals surface area (Å²) in [6.07, 6.45) is -4.62. The van der Waals surface area contributed by atoms with Crippen molar-refractivity contribution in [3.63, 3.8) is 0 Å². The number of fused-ring (bicyclic) bond motifs is 3. The van der Waals surface area contributed by atoms with Crippen LogP contribution in [0.25, 0.3) is 10.9 Å². The minimum absolute atomic E-state index is 0.0741. The van der Waals surface area contributed by atoms with Gasteiger partial charge in [0.25, 0.3) is 5.91 Å². The lowest BCUT2D eigenvalue weighted by Gasteiger charge is -2.49. The zero-order chi connectivity index (χ0) is 24.0. The van der Waals surface area contributed by atoms with Crippen LogP contribution in [0.3, 0.4) is 0 Å². The Bertz CT molecular complexity index is 1220. The number of aromatic nitrogens is 1. The van der Waals surface area contributed by atoms with Gasteiger partial charge in [-0.3, -0.25) is 14.3 Å². The van der Waals surface area contributed by atoms with Crippen molar-refractivity contribution in [1.29, 1.82) is 0 Å². The van der Waals surface area contributed by atoms with E-state index in [1.807, 2.05) is 22.8 Å². The monoisotopic (exact) mass is 484 g/mol. The fraction of sp³-hybridized carbons (Fsp3) is 0.560. The number of aliphatic hydroxyl groups excluding tert-OH is 4. The molecule has 2 aromatic rings. The van der Waals surface area contributed by atoms with E-state index >= 15 is 0 Å². The number of carbonyl (C=O) groups excluding carboxylic acids is 1. The van der Waals surface area contributed by atoms with Crippen LogP contribution >= 0.6 is 0 Å². The van der Waals surface area contributed by atoms with Crippen molar-refractivity contribution < 1.29 is 39.4 Å². The largest absolute Gasteiger partial charge is 0.472 e. The summed E-state index contributed by atoms with van der Waals surface area (Å²) in [5.74, 6) is -0.369. The third-order valence-corrected chi connectivity index (χ3v) is 8.51. The molecule has 0 spiro atoms. The van der Waals surface area contributed by atoms with Crippen LogP contribution in [0.4, 0.5) is 0 Å². The fourth-order valence-electron chi connectivity index (χ4n) is 6.78. The van der Waals surface area contributed by atoms with Crippen LogP contribution in [0.15, 0.2) is 36.1 Å². The standard InChI is InChI=1S/C25H28N2O8/c28-9-18-20(29)21(30)22(31)25(34-18)35-24-14-8-26-6-5-12-11-3-1-2-4-16(11)27-19(12)17(26)7-13(14)15(10-33-24)23(27)32/h1-4,10,13-14,17-18,20-22,24-25,28-31H,5-9H2. The van der Waals surface area contributed by atoms with Crippen LogP contribution in [0, 0.1) is 11.8 Å². The Kier molecular flexibility index (Phi) is 4.91. The second kappa shape index (κ2) is 7.84. The molecule has 0 amide bonds. The normalized spacial score (nSPS) is 40.3. The van der Waals surface area contributed by atoms with Crippen LogP contribution < -0.4 is 0 Å². The van der Waals surface area contributed by atoms with E-state index in [1.54, 1.807) is 0 Å². The van der Waals surface area contributed by atoms with Crippen molar-refractivity contribution in [2.24, 2.45) is 11.8 Å². The van der Waals surface area contributed by atoms with Gasteiger partial charge in [0, 0.05) is 36.0 Å². The van der Waals surface area contributed by atoms with Gasteiger partial charge in [0.05, 0.1) is 30.0 Å². The van der Waals surface area contributed by atoms with E-state index in [-0.39, 0.29) is 23.8 Å². The number of ether oxygens (including phenoxy) is 3. The maximum Gasteiger partial charge on any atom is 0.261 e. The van der Waals surface area contributed by atoms with Crippen LogP contribution in [-0.4, -0.2) is 92.5 Å². The number of nitrogens with zero attached hydrogens (tertiary/aromatic N) is 2. The lowest BCUT2D eigenvalue weighted by atomic mass is 9.74. The molecule has 1 aromatic carbocycles. The maximum absolute atomic E-state index is 13.9. The molecule has 5 aliphatic heterocycles. The zero-order valence-electron chi connectivity index (χ0n) is 18.9. The van der Waals surface area contributed by atoms with Gasteiger partial charge in [-0.15, -0.1) is 0 Å². The topological polar surface area (TPSA) is 134 Å². The Labute approximate surface area is 200 Å². The molecule has 4 N–H and O–H groups in total. The Morgan fingerprint density at radius 3 is 2.74 bits per heavy atom. The number of hydrogen-bond acceptors (Lipinski definition) is 9. The average Bonchev–Trinajstić information content (AvgIpc) is 3.16. The summed E-state index contributed by atoms with van der Waals surface area (Å²) >= 11 is 0. The molecular weight excluding hydrogens is 456 g/mol. The molecule has 9 atom stereocenters. The number of piperidine rings is 1. The van der Waals surface area contributed by atoms with E-state index in [2.05, 4.69) is 11.0 Å². The first-order valence-corrected chi connectivity index (χ1v) is 12.2. The number of allylic oxidation sites excluding steroid dienone is 1. The lowest BCUT2D eigenvalue weighted by molar-refractivity contribution is -0.343. The molecule has 35 heavy (non-hydrogen) atoms. The van der Waals surface area contributed by atoms with Crippen molar-refractivity contribution in [3.8, 4) is 0 Å². The van der Waals surface area contributed by atoms with E-state index in [0.29, 0.717) is 12.1 Å². The zero-order valence-corrected chi connectivity index (χ0v) is 18.9. The highest BCUT2D eigenvalue weighted by Crippen LogP contribution is 2.51. The van der Waals surface area contributed by atoms with Crippen molar-refractivity contribution in [3.05, 3.63) is 47.4 Å². The molecule has 0 aliphatic carbocycles. The number of para-hydroxylation sites is 1. The number of hydrogen-bond donors (Lipinski definition) is 4. The van der Waals surface area contributed by atoms with Gasteiger partial charge < -0.3 is 34.6 Å². The van der Waals surface area contributed by atoms with Crippen LogP contribution in [0.2, 0.25) is 0 Å². The Hall–Kier alpha value is -2.31. The van der Waals surface area contributed by atoms with E-state index in [4.69, 9.17) is 14.2 Å². The highest BCUT2D eigenvalue weighted by molar-refractivity contribution is 6.04. The van der Waals surface area contributed by atoms with Crippen LogP contribution in [-0.2, 0) is 20.6 Å². The molecule has 1 aromatic heterocycles. The first-order valence-electron chi connectivity index (χ1n) is 12.2. The van der Waals surface area contributed by atoms with E-state index in [0.717, 1.165) is 36.0 Å². The summed E-state index contributed by atoms with van der Waals surface area (Å²) in [5, 5.41) is 41.3. The van der Waals surface area contributed by atoms with Crippen molar-refractivity contribution in [2.75, 3.05) is 19.7 Å². The number of benzene rings is 1. The minimum atomic E-state index is -1.53. The molecule has 7 rings (SSSR count). The maximum atomic E-state index is 13.9. The summed E-state index contributed by atoms with van der Waals surface area (Å²) in [6, 6.07) is 8.18. The second-order valence-electron chi connectivity index (χ2n) is 10.2. The van der Waals surface area contributed by atoms with Crippen molar-refractivity contribution >= 4 is 16.8 Å². The van der Waals surface area contributed by atoms with Gasteiger partial charge in [-0.05, 0) is 24.5 Å². The van der Waals surface area contributed by atoms with Crippen LogP contribution in [0.1, 0.15) is 28.5 Å². The molecule has 0 radical (unpaired) electrons. The van der Waals surface area contributed by atoms with Gasteiger partial charge in [-0.1, -0.05) is 18.2 Å². The van der Waals surface area contributed by atoms with E-state index in [9.17, 15) is 25.2 Å². The quantitative estimate of drug-likeness (QED) is 0.471. The molecular formula is C25H28N2O8. The second-order valence-corrected chi connectivity index (χ2v) is 10.2. The molecule has 10 heteroatoms. The third kappa shape index (κ3) is 2.99. The summed E-state index contributed by atoms with van der Waals surface area (Å²) in [7, 11) is 0. The molecule has 0 saturated carbocycles. The predicted molar refractivity (Wildman–Crippen MR) is 120 cm³/mol. The van der Waals surface area contributed by atoms with E-state index < -0.39 is 43.6 Å². The summed E-state index contributed by atoms with van der Waals surface area (Å²) in [5.41, 5.74) is 3.88. The van der Waals surface area contributed by atoms with Crippen molar-refractivity contribution in [2.45, 2.75) is 55.9 Å². The predicted octanol–water partition coefficient (Wildman–Crippen LogP) is -0.113. The summed E-state index contributed by atoms with van der Waals surface area (Å²) in [4.78, 5) is 16.2. The molecule has 2 saturated heterocycles. The SMILES string of the molecule is O=C1C2=COC(OC3OC(CO)C(O)C(O)C3O)C3CN4CCc5c(n1c1ccccc51)C4CC23. The average molecular weight is 485 g/mol. The van der Waals surface area contributed by atoms with Gasteiger partial charge in [0.15, 0.2) is 6.29 Å². The number of rotatable bonds is 3. The number of carbonyl (C=O) groups is 1. The first-order chi connectivity index (χ1) is 17.0. The van der Waals surface area contributed by atoms with Gasteiger partial charge >= 0.3 is 0 Å². The van der Waals surface area contributed by atoms with Crippen LogP contribution in [0.5, 0.6) is 0 Å². The van der Waals surface area contributed by atoms with Crippen molar-refractivity contribution in [1.82, 2.24) is 9.47 Å². The van der Waals surface area contributed by atoms with Gasteiger partial charge in [-0.25, -0.2) is 0 Å². The fourth-order valence-corrected chi connectivity index (χ4v) is 6.78. The Balaban J connectivity index is 1.25. The smallest absolute Gasteiger partial charge is 0.261 e. The molecule has 6 heterocycles. The van der Waals surface area contributed by atoms with Gasteiger partial charge in [0.2, 0.25) is 6.29 Å². The minimum Gasteiger partial charge on any atom is -0.472 e. The molecule has 2 bridgehead atoms. The summed E-state index contributed by atoms with van der Waals surface area (Å²) < 4.78 is 19.4. The van der Waals surface area contributed by atoms with E-state index in [1.165, 1.54) is 11.8 Å². The Morgan fingerprint density at radius 2 is 1.91 bits per heavy atom. The number of aliphatic hydroxyl groups is 4. The molecule has 5 aliphatic rings. The molecule has 186 valence electrons. The summed E-state index contributed by atoms with van der Waals surface area (Å²) in [6.45, 7) is 0.961. The molecule has 10 nitrogen and oxygen atoms in total. The third-order valence-electron chi connectivity index (χ3n) is 8.51. The molecule has 2 fully saturated rings. The lowest BCUT2D eigenvalue weighted by Crippen LogP contribution is -2.61.